The monoisotopic (exact) mass is 513 g/mol. The van der Waals surface area contributed by atoms with Gasteiger partial charge in [-0.1, -0.05) is 0 Å². The number of pyridine rings is 2. The van der Waals surface area contributed by atoms with Gasteiger partial charge in [0, 0.05) is 46.2 Å². The topological polar surface area (TPSA) is 119 Å². The van der Waals surface area contributed by atoms with E-state index in [0.717, 1.165) is 16.8 Å². The van der Waals surface area contributed by atoms with Gasteiger partial charge in [0.05, 0.1) is 23.2 Å². The molecule has 0 bridgehead atoms. The Balaban J connectivity index is 1.77. The SMILES string of the molecule is CNc1cc(Oc2ccc3nc(Nc4cc(C(F)(F)F)cn(CCOC)c4=O)n(C)c3c2C#N)ccn1. The van der Waals surface area contributed by atoms with Crippen LogP contribution in [0.15, 0.2) is 47.5 Å². The van der Waals surface area contributed by atoms with Gasteiger partial charge in [-0.25, -0.2) is 9.97 Å². The number of anilines is 3. The van der Waals surface area contributed by atoms with Crippen LogP contribution in [0.1, 0.15) is 11.1 Å². The third kappa shape index (κ3) is 5.19. The predicted octanol–water partition coefficient (Wildman–Crippen LogP) is 4.24. The summed E-state index contributed by atoms with van der Waals surface area (Å²) in [6.07, 6.45) is -2.38. The molecule has 0 amide bonds. The molecule has 0 atom stereocenters. The molecule has 0 saturated carbocycles. The maximum atomic E-state index is 13.5. The van der Waals surface area contributed by atoms with E-state index in [1.165, 1.54) is 11.7 Å². The first kappa shape index (κ1) is 25.5. The highest BCUT2D eigenvalue weighted by Crippen LogP contribution is 2.34. The van der Waals surface area contributed by atoms with Crippen molar-refractivity contribution in [1.29, 1.82) is 5.26 Å². The summed E-state index contributed by atoms with van der Waals surface area (Å²) in [5, 5.41) is 15.5. The molecule has 13 heteroatoms. The lowest BCUT2D eigenvalue weighted by Gasteiger charge is -2.14. The summed E-state index contributed by atoms with van der Waals surface area (Å²) in [7, 11) is 4.67. The van der Waals surface area contributed by atoms with Crippen molar-refractivity contribution in [2.45, 2.75) is 12.7 Å². The zero-order valence-electron chi connectivity index (χ0n) is 20.1. The van der Waals surface area contributed by atoms with E-state index >= 15 is 0 Å². The van der Waals surface area contributed by atoms with Crippen molar-refractivity contribution in [3.63, 3.8) is 0 Å². The van der Waals surface area contributed by atoms with Crippen LogP contribution in [0.3, 0.4) is 0 Å². The van der Waals surface area contributed by atoms with Gasteiger partial charge >= 0.3 is 6.18 Å². The van der Waals surface area contributed by atoms with Crippen molar-refractivity contribution in [3.05, 3.63) is 64.2 Å². The highest BCUT2D eigenvalue weighted by molar-refractivity contribution is 5.87. The van der Waals surface area contributed by atoms with E-state index < -0.39 is 17.3 Å². The fraction of sp³-hybridized carbons (Fsp3) is 0.250. The molecule has 0 radical (unpaired) electrons. The molecule has 0 aliphatic heterocycles. The lowest BCUT2D eigenvalue weighted by molar-refractivity contribution is -0.138. The number of nitrogens with one attached hydrogen (secondary N) is 2. The summed E-state index contributed by atoms with van der Waals surface area (Å²) in [6, 6.07) is 9.30. The number of methoxy groups -OCH3 is 1. The number of nitriles is 1. The van der Waals surface area contributed by atoms with Crippen LogP contribution in [0.2, 0.25) is 0 Å². The molecule has 192 valence electrons. The molecule has 37 heavy (non-hydrogen) atoms. The summed E-state index contributed by atoms with van der Waals surface area (Å²) in [6.45, 7) is -0.0193. The number of aromatic nitrogens is 4. The molecular formula is C24H22F3N7O3. The minimum absolute atomic E-state index is 0.0501. The number of imidazole rings is 1. The molecule has 4 rings (SSSR count). The van der Waals surface area contributed by atoms with Crippen molar-refractivity contribution in [1.82, 2.24) is 19.1 Å². The van der Waals surface area contributed by atoms with Crippen molar-refractivity contribution in [2.24, 2.45) is 7.05 Å². The molecule has 2 N–H and O–H groups in total. The second-order valence-electron chi connectivity index (χ2n) is 7.90. The Hall–Kier alpha value is -4.57. The number of aryl methyl sites for hydroxylation is 1. The Kier molecular flexibility index (Phi) is 7.03. The molecule has 3 aromatic heterocycles. The third-order valence-corrected chi connectivity index (χ3v) is 5.52. The van der Waals surface area contributed by atoms with E-state index in [2.05, 4.69) is 26.7 Å². The number of hydrogen-bond donors (Lipinski definition) is 2. The van der Waals surface area contributed by atoms with Crippen molar-refractivity contribution in [2.75, 3.05) is 31.4 Å². The molecular weight excluding hydrogens is 491 g/mol. The standard InChI is InChI=1S/C24H22F3N7O3/c1-29-20-11-15(6-7-30-20)37-19-5-4-17-21(16(19)12-28)33(2)23(31-17)32-18-10-14(24(25,26)27)13-34(22(18)35)8-9-36-3/h4-7,10-11,13H,8-9H2,1-3H3,(H,29,30)(H,31,32). The average Bonchev–Trinajstić information content (AvgIpc) is 3.19. The molecule has 0 aliphatic carbocycles. The van der Waals surface area contributed by atoms with Crippen LogP contribution in [0.25, 0.3) is 11.0 Å². The van der Waals surface area contributed by atoms with Gasteiger partial charge in [0.1, 0.15) is 34.6 Å². The van der Waals surface area contributed by atoms with E-state index in [9.17, 15) is 23.2 Å². The Morgan fingerprint density at radius 3 is 2.68 bits per heavy atom. The maximum absolute atomic E-state index is 13.5. The summed E-state index contributed by atoms with van der Waals surface area (Å²) < 4.78 is 53.7. The molecule has 10 nitrogen and oxygen atoms in total. The summed E-state index contributed by atoms with van der Waals surface area (Å²) in [4.78, 5) is 21.4. The molecule has 0 spiro atoms. The highest BCUT2D eigenvalue weighted by atomic mass is 19.4. The number of ether oxygens (including phenoxy) is 2. The zero-order valence-corrected chi connectivity index (χ0v) is 20.1. The van der Waals surface area contributed by atoms with Gasteiger partial charge < -0.3 is 29.2 Å². The number of nitrogens with zero attached hydrogens (tertiary/aromatic N) is 5. The maximum Gasteiger partial charge on any atom is 0.417 e. The third-order valence-electron chi connectivity index (χ3n) is 5.52. The van der Waals surface area contributed by atoms with Gasteiger partial charge in [-0.2, -0.15) is 18.4 Å². The number of halogens is 3. The Morgan fingerprint density at radius 2 is 2.00 bits per heavy atom. The van der Waals surface area contributed by atoms with E-state index in [-0.39, 0.29) is 36.1 Å². The second-order valence-corrected chi connectivity index (χ2v) is 7.90. The fourth-order valence-electron chi connectivity index (χ4n) is 3.69. The zero-order chi connectivity index (χ0) is 26.7. The smallest absolute Gasteiger partial charge is 0.417 e. The van der Waals surface area contributed by atoms with Crippen LogP contribution in [0, 0.1) is 11.3 Å². The Bertz CT molecular complexity index is 1550. The van der Waals surface area contributed by atoms with Gasteiger partial charge in [-0.05, 0) is 24.3 Å². The molecule has 1 aromatic carbocycles. The number of fused-ring (bicyclic) bond motifs is 1. The highest BCUT2D eigenvalue weighted by Gasteiger charge is 2.32. The Labute approximate surface area is 208 Å². The number of benzene rings is 1. The van der Waals surface area contributed by atoms with Gasteiger partial charge in [0.2, 0.25) is 5.95 Å². The van der Waals surface area contributed by atoms with Gasteiger partial charge in [0.25, 0.3) is 5.56 Å². The van der Waals surface area contributed by atoms with Crippen molar-refractivity contribution in [3.8, 4) is 17.6 Å². The largest absolute Gasteiger partial charge is 0.456 e. The molecule has 0 fully saturated rings. The second kappa shape index (κ2) is 10.2. The van der Waals surface area contributed by atoms with Crippen LogP contribution in [0.4, 0.5) is 30.6 Å². The van der Waals surface area contributed by atoms with Crippen LogP contribution in [-0.2, 0) is 24.5 Å². The molecule has 0 aliphatic rings. The van der Waals surface area contributed by atoms with E-state index in [1.807, 2.05) is 0 Å². The molecule has 3 heterocycles. The van der Waals surface area contributed by atoms with Crippen LogP contribution in [-0.4, -0.2) is 39.9 Å². The molecule has 4 aromatic rings. The van der Waals surface area contributed by atoms with Crippen molar-refractivity contribution >= 4 is 28.5 Å². The lowest BCUT2D eigenvalue weighted by atomic mass is 10.1. The minimum Gasteiger partial charge on any atom is -0.456 e. The summed E-state index contributed by atoms with van der Waals surface area (Å²) in [5.41, 5.74) is -1.10. The first-order chi connectivity index (χ1) is 17.7. The van der Waals surface area contributed by atoms with E-state index in [4.69, 9.17) is 9.47 Å². The fourth-order valence-corrected chi connectivity index (χ4v) is 3.69. The number of rotatable bonds is 8. The summed E-state index contributed by atoms with van der Waals surface area (Å²) in [5.74, 6) is 1.33. The predicted molar refractivity (Wildman–Crippen MR) is 130 cm³/mol. The quantitative estimate of drug-likeness (QED) is 0.359. The number of alkyl halides is 3. The van der Waals surface area contributed by atoms with Crippen LogP contribution >= 0.6 is 0 Å². The normalized spacial score (nSPS) is 11.4. The van der Waals surface area contributed by atoms with Gasteiger partial charge in [-0.3, -0.25) is 4.79 Å². The first-order valence-electron chi connectivity index (χ1n) is 10.9. The van der Waals surface area contributed by atoms with Crippen molar-refractivity contribution < 1.29 is 22.6 Å². The Morgan fingerprint density at radius 1 is 1.22 bits per heavy atom. The summed E-state index contributed by atoms with van der Waals surface area (Å²) >= 11 is 0. The van der Waals surface area contributed by atoms with Crippen LogP contribution in [0.5, 0.6) is 11.5 Å². The van der Waals surface area contributed by atoms with Gasteiger partial charge in [-0.15, -0.1) is 0 Å². The van der Waals surface area contributed by atoms with Gasteiger partial charge in [0.15, 0.2) is 0 Å². The molecule has 0 unspecified atom stereocenters. The van der Waals surface area contributed by atoms with Crippen LogP contribution < -0.4 is 20.9 Å². The van der Waals surface area contributed by atoms with E-state index in [0.29, 0.717) is 22.6 Å². The minimum atomic E-state index is -4.67. The molecule has 0 saturated heterocycles. The lowest BCUT2D eigenvalue weighted by Crippen LogP contribution is -2.26. The average molecular weight is 513 g/mol. The first-order valence-corrected chi connectivity index (χ1v) is 10.9. The van der Waals surface area contributed by atoms with E-state index in [1.54, 1.807) is 44.6 Å². The number of hydrogen-bond acceptors (Lipinski definition) is 8.